The average Bonchev–Trinajstić information content (AvgIpc) is 3.18. The number of piperidine rings is 1. The topological polar surface area (TPSA) is 79.0 Å². The van der Waals surface area contributed by atoms with Crippen LogP contribution in [0.15, 0.2) is 63.8 Å². The zero-order valence-electron chi connectivity index (χ0n) is 18.6. The van der Waals surface area contributed by atoms with E-state index >= 15 is 0 Å². The molecule has 172 valence electrons. The predicted molar refractivity (Wildman–Crippen MR) is 125 cm³/mol. The smallest absolute Gasteiger partial charge is 0.408 e. The van der Waals surface area contributed by atoms with Crippen LogP contribution in [-0.2, 0) is 16.1 Å². The second-order valence-corrected chi connectivity index (χ2v) is 8.64. The normalized spacial score (nSPS) is 19.9. The molecular weight excluding hydrogens is 420 g/mol. The van der Waals surface area contributed by atoms with E-state index in [2.05, 4.69) is 4.90 Å². The van der Waals surface area contributed by atoms with Gasteiger partial charge in [-0.1, -0.05) is 30.3 Å². The molecular formula is C25H28N4O4. The van der Waals surface area contributed by atoms with E-state index in [-0.39, 0.29) is 24.3 Å². The third-order valence-electron chi connectivity index (χ3n) is 6.71. The van der Waals surface area contributed by atoms with E-state index in [0.717, 1.165) is 25.1 Å². The summed E-state index contributed by atoms with van der Waals surface area (Å²) >= 11 is 0. The van der Waals surface area contributed by atoms with Crippen molar-refractivity contribution in [2.24, 2.45) is 0 Å². The number of aryl methyl sites for hydroxylation is 1. The minimum Gasteiger partial charge on any atom is -0.408 e. The molecule has 1 atom stereocenters. The van der Waals surface area contributed by atoms with Crippen molar-refractivity contribution in [2.45, 2.75) is 31.8 Å². The summed E-state index contributed by atoms with van der Waals surface area (Å²) in [6, 6.07) is 16.9. The van der Waals surface area contributed by atoms with Crippen LogP contribution in [-0.4, -0.2) is 64.9 Å². The molecule has 3 heterocycles. The number of oxazole rings is 1. The Morgan fingerprint density at radius 2 is 1.64 bits per heavy atom. The van der Waals surface area contributed by atoms with Gasteiger partial charge in [0.25, 0.3) is 0 Å². The number of nitrogens with zero attached hydrogens (tertiary/aromatic N) is 4. The summed E-state index contributed by atoms with van der Waals surface area (Å²) in [5.74, 6) is -0.265. The SMILES string of the molecule is O=C(CCn1c(=O)oc2ccccc21)N1CCN(C2CCCN(c3ccccc3)C2=O)CC1. The van der Waals surface area contributed by atoms with Gasteiger partial charge in [0, 0.05) is 51.4 Å². The molecule has 0 radical (unpaired) electrons. The van der Waals surface area contributed by atoms with E-state index in [0.29, 0.717) is 43.8 Å². The third-order valence-corrected chi connectivity index (χ3v) is 6.71. The van der Waals surface area contributed by atoms with Crippen LogP contribution < -0.4 is 10.7 Å². The fraction of sp³-hybridized carbons (Fsp3) is 0.400. The highest BCUT2D eigenvalue weighted by atomic mass is 16.4. The van der Waals surface area contributed by atoms with Crippen molar-refractivity contribution in [3.8, 4) is 0 Å². The highest BCUT2D eigenvalue weighted by Crippen LogP contribution is 2.24. The number of carbonyl (C=O) groups excluding carboxylic acids is 2. The highest BCUT2D eigenvalue weighted by molar-refractivity contribution is 5.98. The van der Waals surface area contributed by atoms with Gasteiger partial charge in [-0.15, -0.1) is 0 Å². The molecule has 0 N–H and O–H groups in total. The quantitative estimate of drug-likeness (QED) is 0.599. The fourth-order valence-electron chi connectivity index (χ4n) is 4.93. The molecule has 2 aliphatic heterocycles. The van der Waals surface area contributed by atoms with Crippen molar-refractivity contribution in [1.29, 1.82) is 0 Å². The number of hydrogen-bond acceptors (Lipinski definition) is 5. The molecule has 8 heteroatoms. The summed E-state index contributed by atoms with van der Waals surface area (Å²) in [5, 5.41) is 0. The number of aromatic nitrogens is 1. The first-order valence-corrected chi connectivity index (χ1v) is 11.6. The van der Waals surface area contributed by atoms with Crippen LogP contribution in [0.4, 0.5) is 5.69 Å². The molecule has 3 aromatic rings. The largest absolute Gasteiger partial charge is 0.419 e. The summed E-state index contributed by atoms with van der Waals surface area (Å²) in [7, 11) is 0. The van der Waals surface area contributed by atoms with E-state index in [1.165, 1.54) is 4.57 Å². The van der Waals surface area contributed by atoms with Gasteiger partial charge >= 0.3 is 5.76 Å². The molecule has 2 fully saturated rings. The number of benzene rings is 2. The van der Waals surface area contributed by atoms with Gasteiger partial charge in [0.05, 0.1) is 11.6 Å². The molecule has 2 saturated heterocycles. The summed E-state index contributed by atoms with van der Waals surface area (Å²) in [6.45, 7) is 3.59. The maximum absolute atomic E-state index is 13.2. The molecule has 0 saturated carbocycles. The Labute approximate surface area is 192 Å². The van der Waals surface area contributed by atoms with Crippen LogP contribution in [0.25, 0.3) is 11.1 Å². The van der Waals surface area contributed by atoms with E-state index in [1.807, 2.05) is 58.3 Å². The monoisotopic (exact) mass is 448 g/mol. The van der Waals surface area contributed by atoms with Crippen molar-refractivity contribution in [3.05, 3.63) is 65.1 Å². The molecule has 8 nitrogen and oxygen atoms in total. The number of hydrogen-bond donors (Lipinski definition) is 0. The van der Waals surface area contributed by atoms with Crippen LogP contribution in [0.3, 0.4) is 0 Å². The predicted octanol–water partition coefficient (Wildman–Crippen LogP) is 2.32. The van der Waals surface area contributed by atoms with Gasteiger partial charge in [-0.05, 0) is 37.1 Å². The Kier molecular flexibility index (Phi) is 6.00. The van der Waals surface area contributed by atoms with Crippen molar-refractivity contribution in [3.63, 3.8) is 0 Å². The molecule has 1 aromatic heterocycles. The number of anilines is 1. The van der Waals surface area contributed by atoms with E-state index in [4.69, 9.17) is 4.42 Å². The van der Waals surface area contributed by atoms with E-state index < -0.39 is 5.76 Å². The van der Waals surface area contributed by atoms with Gasteiger partial charge in [0.1, 0.15) is 0 Å². The van der Waals surface area contributed by atoms with Crippen LogP contribution in [0, 0.1) is 0 Å². The van der Waals surface area contributed by atoms with Crippen molar-refractivity contribution < 1.29 is 14.0 Å². The lowest BCUT2D eigenvalue weighted by Gasteiger charge is -2.42. The average molecular weight is 449 g/mol. The summed E-state index contributed by atoms with van der Waals surface area (Å²) in [5.41, 5.74) is 2.19. The van der Waals surface area contributed by atoms with Crippen molar-refractivity contribution in [1.82, 2.24) is 14.4 Å². The molecule has 2 amide bonds. The van der Waals surface area contributed by atoms with Crippen molar-refractivity contribution >= 4 is 28.6 Å². The minimum absolute atomic E-state index is 0.0210. The summed E-state index contributed by atoms with van der Waals surface area (Å²) in [4.78, 5) is 44.1. The molecule has 0 aliphatic carbocycles. The minimum atomic E-state index is -0.437. The number of amides is 2. The molecule has 5 rings (SSSR count). The molecule has 33 heavy (non-hydrogen) atoms. The Hall–Kier alpha value is -3.39. The van der Waals surface area contributed by atoms with Crippen LogP contribution in [0.1, 0.15) is 19.3 Å². The number of fused-ring (bicyclic) bond motifs is 1. The maximum atomic E-state index is 13.2. The second-order valence-electron chi connectivity index (χ2n) is 8.64. The van der Waals surface area contributed by atoms with Crippen LogP contribution in [0.2, 0.25) is 0 Å². The van der Waals surface area contributed by atoms with Gasteiger partial charge in [-0.2, -0.15) is 0 Å². The Morgan fingerprint density at radius 1 is 0.909 bits per heavy atom. The Balaban J connectivity index is 1.17. The summed E-state index contributed by atoms with van der Waals surface area (Å²) < 4.78 is 6.76. The fourth-order valence-corrected chi connectivity index (χ4v) is 4.93. The Bertz CT molecular complexity index is 1190. The van der Waals surface area contributed by atoms with Crippen LogP contribution >= 0.6 is 0 Å². The van der Waals surface area contributed by atoms with Gasteiger partial charge in [-0.3, -0.25) is 19.1 Å². The zero-order chi connectivity index (χ0) is 22.8. The van der Waals surface area contributed by atoms with Gasteiger partial charge in [0.15, 0.2) is 5.58 Å². The number of rotatable bonds is 5. The molecule has 2 aliphatic rings. The van der Waals surface area contributed by atoms with Gasteiger partial charge in [0.2, 0.25) is 11.8 Å². The molecule has 2 aromatic carbocycles. The molecule has 0 spiro atoms. The molecule has 1 unspecified atom stereocenters. The standard InChI is InChI=1S/C25H28N4O4/c30-23(12-14-29-20-9-4-5-11-22(20)33-25(29)32)27-17-15-26(16-18-27)21-10-6-13-28(24(21)31)19-7-2-1-3-8-19/h1-5,7-9,11,21H,6,10,12-18H2. The van der Waals surface area contributed by atoms with Crippen molar-refractivity contribution in [2.75, 3.05) is 37.6 Å². The zero-order valence-corrected chi connectivity index (χ0v) is 18.6. The van der Waals surface area contributed by atoms with E-state index in [9.17, 15) is 14.4 Å². The first-order chi connectivity index (χ1) is 16.1. The van der Waals surface area contributed by atoms with E-state index in [1.54, 1.807) is 6.07 Å². The van der Waals surface area contributed by atoms with Gasteiger partial charge < -0.3 is 14.2 Å². The number of para-hydroxylation sites is 3. The lowest BCUT2D eigenvalue weighted by Crippen LogP contribution is -2.58. The summed E-state index contributed by atoms with van der Waals surface area (Å²) in [6.07, 6.45) is 2.07. The van der Waals surface area contributed by atoms with Crippen LogP contribution in [0.5, 0.6) is 0 Å². The second kappa shape index (κ2) is 9.23. The Morgan fingerprint density at radius 3 is 2.42 bits per heavy atom. The molecule has 0 bridgehead atoms. The third kappa shape index (κ3) is 4.30. The first-order valence-electron chi connectivity index (χ1n) is 11.6. The first kappa shape index (κ1) is 21.5. The van der Waals surface area contributed by atoms with Gasteiger partial charge in [-0.25, -0.2) is 4.79 Å². The lowest BCUT2D eigenvalue weighted by atomic mass is 10.0. The maximum Gasteiger partial charge on any atom is 0.419 e. The lowest BCUT2D eigenvalue weighted by molar-refractivity contribution is -0.134. The number of carbonyl (C=O) groups is 2. The highest BCUT2D eigenvalue weighted by Gasteiger charge is 2.35. The number of piperazine rings is 1.